The minimum absolute atomic E-state index is 0.352. The van der Waals surface area contributed by atoms with E-state index >= 15 is 0 Å². The second kappa shape index (κ2) is 6.82. The molecule has 0 spiro atoms. The van der Waals surface area contributed by atoms with Gasteiger partial charge in [0.25, 0.3) is 5.91 Å². The Morgan fingerprint density at radius 2 is 1.79 bits per heavy atom. The lowest BCUT2D eigenvalue weighted by molar-refractivity contribution is -0.141. The van der Waals surface area contributed by atoms with Crippen molar-refractivity contribution in [1.82, 2.24) is 15.1 Å². The van der Waals surface area contributed by atoms with Gasteiger partial charge in [0, 0.05) is 6.04 Å². The van der Waals surface area contributed by atoms with E-state index in [1.165, 1.54) is 19.1 Å². The van der Waals surface area contributed by atoms with Gasteiger partial charge in [-0.05, 0) is 52.0 Å². The molecule has 0 fully saturated rings. The summed E-state index contributed by atoms with van der Waals surface area (Å²) in [6.07, 6.45) is 0. The van der Waals surface area contributed by atoms with Gasteiger partial charge < -0.3 is 10.4 Å². The largest absolute Gasteiger partial charge is 0.481 e. The first-order valence-corrected chi connectivity index (χ1v) is 7.58. The highest BCUT2D eigenvalue weighted by molar-refractivity contribution is 5.97. The summed E-state index contributed by atoms with van der Waals surface area (Å²) < 4.78 is 14.6. The third-order valence-electron chi connectivity index (χ3n) is 4.09. The first-order chi connectivity index (χ1) is 11.2. The van der Waals surface area contributed by atoms with E-state index in [0.29, 0.717) is 22.6 Å². The maximum absolute atomic E-state index is 13.1. The fraction of sp³-hybridized carbons (Fsp3) is 0.353. The monoisotopic (exact) mass is 333 g/mol. The number of aromatic nitrogens is 2. The van der Waals surface area contributed by atoms with Crippen LogP contribution in [0.4, 0.5) is 4.39 Å². The first-order valence-electron chi connectivity index (χ1n) is 7.58. The normalized spacial score (nSPS) is 13.4. The number of nitrogens with one attached hydrogen (secondary N) is 1. The predicted molar refractivity (Wildman–Crippen MR) is 86.7 cm³/mol. The minimum Gasteiger partial charge on any atom is -0.481 e. The molecule has 0 aliphatic carbocycles. The van der Waals surface area contributed by atoms with Crippen LogP contribution >= 0.6 is 0 Å². The number of carbonyl (C=O) groups excluding carboxylic acids is 1. The number of hydrogen-bond acceptors (Lipinski definition) is 3. The molecule has 0 radical (unpaired) electrons. The Balaban J connectivity index is 2.30. The third kappa shape index (κ3) is 3.45. The third-order valence-corrected chi connectivity index (χ3v) is 4.09. The van der Waals surface area contributed by atoms with Crippen LogP contribution in [0.2, 0.25) is 0 Å². The van der Waals surface area contributed by atoms with Crippen LogP contribution in [0.3, 0.4) is 0 Å². The quantitative estimate of drug-likeness (QED) is 0.880. The zero-order valence-electron chi connectivity index (χ0n) is 14.0. The van der Waals surface area contributed by atoms with Gasteiger partial charge in [0.15, 0.2) is 0 Å². The molecule has 2 rings (SSSR count). The van der Waals surface area contributed by atoms with Gasteiger partial charge in [-0.15, -0.1) is 0 Å². The van der Waals surface area contributed by atoms with Gasteiger partial charge >= 0.3 is 5.97 Å². The molecule has 0 saturated heterocycles. The number of carboxylic acid groups (broad SMARTS) is 1. The summed E-state index contributed by atoms with van der Waals surface area (Å²) in [5, 5.41) is 16.1. The van der Waals surface area contributed by atoms with Gasteiger partial charge in [-0.1, -0.05) is 0 Å². The van der Waals surface area contributed by atoms with Crippen LogP contribution in [0.5, 0.6) is 0 Å². The zero-order valence-corrected chi connectivity index (χ0v) is 14.0. The van der Waals surface area contributed by atoms with E-state index in [0.717, 1.165) is 0 Å². The van der Waals surface area contributed by atoms with Gasteiger partial charge in [0.2, 0.25) is 0 Å². The van der Waals surface area contributed by atoms with Crippen molar-refractivity contribution in [3.8, 4) is 5.69 Å². The van der Waals surface area contributed by atoms with Gasteiger partial charge in [0.05, 0.1) is 28.6 Å². The highest BCUT2D eigenvalue weighted by Gasteiger charge is 2.25. The van der Waals surface area contributed by atoms with E-state index in [1.807, 2.05) is 0 Å². The number of halogens is 1. The van der Waals surface area contributed by atoms with Crippen molar-refractivity contribution in [2.24, 2.45) is 5.92 Å². The molecule has 2 unspecified atom stereocenters. The van der Waals surface area contributed by atoms with E-state index < -0.39 is 17.9 Å². The standard InChI is InChI=1S/C17H20FN3O3/c1-9(17(23)24)10(2)19-16(22)15-11(3)20-21(12(15)4)14-7-5-13(18)6-8-14/h5-10H,1-4H3,(H,19,22)(H,23,24). The Labute approximate surface area is 139 Å². The second-order valence-electron chi connectivity index (χ2n) is 5.82. The lowest BCUT2D eigenvalue weighted by atomic mass is 10.0. The van der Waals surface area contributed by atoms with Crippen molar-refractivity contribution in [1.29, 1.82) is 0 Å². The van der Waals surface area contributed by atoms with E-state index in [1.54, 1.807) is 37.6 Å². The molecular weight excluding hydrogens is 313 g/mol. The highest BCUT2D eigenvalue weighted by Crippen LogP contribution is 2.19. The van der Waals surface area contributed by atoms with E-state index in [-0.39, 0.29) is 11.7 Å². The number of amides is 1. The topological polar surface area (TPSA) is 84.2 Å². The van der Waals surface area contributed by atoms with Gasteiger partial charge in [0.1, 0.15) is 5.82 Å². The molecule has 0 saturated carbocycles. The average molecular weight is 333 g/mol. The molecule has 7 heteroatoms. The SMILES string of the molecule is Cc1nn(-c2ccc(F)cc2)c(C)c1C(=O)NC(C)C(C)C(=O)O. The van der Waals surface area contributed by atoms with Crippen LogP contribution in [-0.2, 0) is 4.79 Å². The molecule has 1 aromatic carbocycles. The van der Waals surface area contributed by atoms with Crippen LogP contribution in [0.1, 0.15) is 35.6 Å². The van der Waals surface area contributed by atoms with Crippen molar-refractivity contribution in [2.45, 2.75) is 33.7 Å². The number of rotatable bonds is 5. The lowest BCUT2D eigenvalue weighted by Gasteiger charge is -2.17. The molecular formula is C17H20FN3O3. The number of hydrogen-bond donors (Lipinski definition) is 2. The lowest BCUT2D eigenvalue weighted by Crippen LogP contribution is -2.40. The van der Waals surface area contributed by atoms with Crippen LogP contribution < -0.4 is 5.32 Å². The molecule has 2 atom stereocenters. The summed E-state index contributed by atoms with van der Waals surface area (Å²) in [5.74, 6) is -2.41. The fourth-order valence-electron chi connectivity index (χ4n) is 2.42. The molecule has 1 amide bonds. The maximum atomic E-state index is 13.1. The molecule has 0 bridgehead atoms. The van der Waals surface area contributed by atoms with Crippen molar-refractivity contribution in [3.63, 3.8) is 0 Å². The molecule has 1 heterocycles. The van der Waals surface area contributed by atoms with E-state index in [9.17, 15) is 14.0 Å². The van der Waals surface area contributed by atoms with Crippen molar-refractivity contribution in [2.75, 3.05) is 0 Å². The summed E-state index contributed by atoms with van der Waals surface area (Å²) in [4.78, 5) is 23.5. The maximum Gasteiger partial charge on any atom is 0.308 e. The number of carboxylic acids is 1. The van der Waals surface area contributed by atoms with Gasteiger partial charge in [-0.3, -0.25) is 9.59 Å². The molecule has 0 aliphatic rings. The van der Waals surface area contributed by atoms with Crippen LogP contribution in [0.25, 0.3) is 5.69 Å². The molecule has 2 aromatic rings. The summed E-state index contributed by atoms with van der Waals surface area (Å²) in [7, 11) is 0. The predicted octanol–water partition coefficient (Wildman–Crippen LogP) is 2.47. The number of benzene rings is 1. The summed E-state index contributed by atoms with van der Waals surface area (Å²) in [6.45, 7) is 6.62. The Morgan fingerprint density at radius 1 is 1.21 bits per heavy atom. The van der Waals surface area contributed by atoms with Crippen LogP contribution in [-0.4, -0.2) is 32.8 Å². The molecule has 6 nitrogen and oxygen atoms in total. The summed E-state index contributed by atoms with van der Waals surface area (Å²) in [6, 6.07) is 5.27. The van der Waals surface area contributed by atoms with Gasteiger partial charge in [-0.25, -0.2) is 9.07 Å². The Kier molecular flexibility index (Phi) is 5.02. The highest BCUT2D eigenvalue weighted by atomic mass is 19.1. The number of carbonyl (C=O) groups is 2. The number of aryl methyl sites for hydroxylation is 1. The Morgan fingerprint density at radius 3 is 2.33 bits per heavy atom. The Bertz CT molecular complexity index is 768. The molecule has 0 aliphatic heterocycles. The Hall–Kier alpha value is -2.70. The second-order valence-corrected chi connectivity index (χ2v) is 5.82. The van der Waals surface area contributed by atoms with E-state index in [4.69, 9.17) is 5.11 Å². The average Bonchev–Trinajstić information content (AvgIpc) is 2.81. The van der Waals surface area contributed by atoms with E-state index in [2.05, 4.69) is 10.4 Å². The van der Waals surface area contributed by atoms with Crippen LogP contribution in [0.15, 0.2) is 24.3 Å². The van der Waals surface area contributed by atoms with Crippen molar-refractivity contribution >= 4 is 11.9 Å². The zero-order chi connectivity index (χ0) is 18.0. The first kappa shape index (κ1) is 17.7. The molecule has 24 heavy (non-hydrogen) atoms. The smallest absolute Gasteiger partial charge is 0.308 e. The number of aliphatic carboxylic acids is 1. The fourth-order valence-corrected chi connectivity index (χ4v) is 2.42. The van der Waals surface area contributed by atoms with Crippen molar-refractivity contribution < 1.29 is 19.1 Å². The molecule has 128 valence electrons. The van der Waals surface area contributed by atoms with Crippen molar-refractivity contribution in [3.05, 3.63) is 47.0 Å². The van der Waals surface area contributed by atoms with Crippen LogP contribution in [0, 0.1) is 25.6 Å². The molecule has 1 aromatic heterocycles. The molecule has 2 N–H and O–H groups in total. The summed E-state index contributed by atoms with van der Waals surface area (Å²) in [5.41, 5.74) is 2.16. The number of nitrogens with zero attached hydrogens (tertiary/aromatic N) is 2. The summed E-state index contributed by atoms with van der Waals surface area (Å²) >= 11 is 0. The minimum atomic E-state index is -0.974. The van der Waals surface area contributed by atoms with Gasteiger partial charge in [-0.2, -0.15) is 5.10 Å².